The Hall–Kier alpha value is -3.72. The van der Waals surface area contributed by atoms with Crippen LogP contribution in [0.25, 0.3) is 0 Å². The smallest absolute Gasteiger partial charge is 0.264 e. The largest absolute Gasteiger partial charge is 0.352 e. The molecule has 3 aromatic carbocycles. The molecule has 0 bridgehead atoms. The van der Waals surface area contributed by atoms with Gasteiger partial charge in [0.1, 0.15) is 18.4 Å². The zero-order valence-corrected chi connectivity index (χ0v) is 24.4. The van der Waals surface area contributed by atoms with Gasteiger partial charge in [0.15, 0.2) is 0 Å². The minimum absolute atomic E-state index is 0.0306. The Morgan fingerprint density at radius 1 is 0.927 bits per heavy atom. The van der Waals surface area contributed by atoms with Gasteiger partial charge in [0.2, 0.25) is 11.8 Å². The van der Waals surface area contributed by atoms with Crippen LogP contribution in [0.15, 0.2) is 83.8 Å². The highest BCUT2D eigenvalue weighted by Gasteiger charge is 2.34. The van der Waals surface area contributed by atoms with Crippen molar-refractivity contribution in [3.05, 3.63) is 95.8 Å². The van der Waals surface area contributed by atoms with Crippen molar-refractivity contribution in [3.63, 3.8) is 0 Å². The van der Waals surface area contributed by atoms with E-state index in [1.165, 1.54) is 29.2 Å². The van der Waals surface area contributed by atoms with Crippen molar-refractivity contribution in [3.8, 4) is 0 Å². The monoisotopic (exact) mass is 579 g/mol. The van der Waals surface area contributed by atoms with Gasteiger partial charge >= 0.3 is 0 Å². The zero-order valence-electron chi connectivity index (χ0n) is 23.6. The van der Waals surface area contributed by atoms with Crippen LogP contribution in [0, 0.1) is 12.7 Å². The molecule has 9 heteroatoms. The first-order valence-electron chi connectivity index (χ1n) is 14.2. The summed E-state index contributed by atoms with van der Waals surface area (Å²) in [5.74, 6) is -1.20. The molecule has 4 rings (SSSR count). The fourth-order valence-electron chi connectivity index (χ4n) is 5.21. The summed E-state index contributed by atoms with van der Waals surface area (Å²) in [7, 11) is -4.11. The molecule has 1 aliphatic carbocycles. The van der Waals surface area contributed by atoms with Crippen molar-refractivity contribution < 1.29 is 22.4 Å². The highest BCUT2D eigenvalue weighted by Crippen LogP contribution is 2.25. The van der Waals surface area contributed by atoms with Gasteiger partial charge in [0.25, 0.3) is 10.0 Å². The van der Waals surface area contributed by atoms with E-state index in [4.69, 9.17) is 0 Å². The van der Waals surface area contributed by atoms with Gasteiger partial charge in [0, 0.05) is 12.6 Å². The van der Waals surface area contributed by atoms with Crippen molar-refractivity contribution in [1.82, 2.24) is 10.2 Å². The first-order valence-corrected chi connectivity index (χ1v) is 15.6. The van der Waals surface area contributed by atoms with Crippen LogP contribution >= 0.6 is 0 Å². The van der Waals surface area contributed by atoms with Gasteiger partial charge in [-0.15, -0.1) is 0 Å². The summed E-state index contributed by atoms with van der Waals surface area (Å²) in [5.41, 5.74) is 1.92. The summed E-state index contributed by atoms with van der Waals surface area (Å²) in [6.07, 6.45) is 5.35. The van der Waals surface area contributed by atoms with Crippen molar-refractivity contribution in [2.45, 2.75) is 75.9 Å². The molecule has 0 radical (unpaired) electrons. The number of nitrogens with one attached hydrogen (secondary N) is 1. The summed E-state index contributed by atoms with van der Waals surface area (Å²) in [6, 6.07) is 19.8. The molecule has 2 amide bonds. The average Bonchev–Trinajstić information content (AvgIpc) is 2.98. The maximum absolute atomic E-state index is 14.1. The Labute approximate surface area is 242 Å². The Morgan fingerprint density at radius 3 is 2.17 bits per heavy atom. The van der Waals surface area contributed by atoms with Gasteiger partial charge in [-0.2, -0.15) is 0 Å². The highest BCUT2D eigenvalue weighted by molar-refractivity contribution is 7.92. The SMILES string of the molecule is CCC(C(=O)NC1CCCCC1)N(Cc1ccc(F)cc1)C(=O)CN(c1ccc(C)cc1)S(=O)(=O)c1ccccc1. The number of halogens is 1. The number of nitrogens with zero attached hydrogens (tertiary/aromatic N) is 2. The molecule has 0 aromatic heterocycles. The number of carbonyl (C=O) groups is 2. The van der Waals surface area contributed by atoms with E-state index in [9.17, 15) is 22.4 Å². The van der Waals surface area contributed by atoms with Crippen LogP contribution < -0.4 is 9.62 Å². The number of anilines is 1. The van der Waals surface area contributed by atoms with Gasteiger partial charge in [-0.3, -0.25) is 13.9 Å². The fraction of sp³-hybridized carbons (Fsp3) is 0.375. The number of hydrogen-bond acceptors (Lipinski definition) is 4. The zero-order chi connectivity index (χ0) is 29.4. The van der Waals surface area contributed by atoms with Crippen LogP contribution in [0.1, 0.15) is 56.6 Å². The third-order valence-electron chi connectivity index (χ3n) is 7.54. The minimum atomic E-state index is -4.11. The summed E-state index contributed by atoms with van der Waals surface area (Å²) in [6.45, 7) is 3.25. The van der Waals surface area contributed by atoms with E-state index in [-0.39, 0.29) is 23.4 Å². The van der Waals surface area contributed by atoms with Gasteiger partial charge < -0.3 is 10.2 Å². The number of aryl methyl sites for hydroxylation is 1. The molecule has 1 unspecified atom stereocenters. The number of sulfonamides is 1. The second-order valence-corrected chi connectivity index (χ2v) is 12.4. The molecule has 0 spiro atoms. The van der Waals surface area contributed by atoms with Crippen molar-refractivity contribution in [2.75, 3.05) is 10.8 Å². The molecule has 1 saturated carbocycles. The Bertz CT molecular complexity index is 1410. The lowest BCUT2D eigenvalue weighted by atomic mass is 9.95. The van der Waals surface area contributed by atoms with Crippen LogP contribution in [-0.2, 0) is 26.2 Å². The normalized spacial score (nSPS) is 14.7. The molecule has 7 nitrogen and oxygen atoms in total. The molecule has 1 N–H and O–H groups in total. The number of carbonyl (C=O) groups excluding carboxylic acids is 2. The van der Waals surface area contributed by atoms with Crippen molar-refractivity contribution in [1.29, 1.82) is 0 Å². The maximum Gasteiger partial charge on any atom is 0.264 e. The second kappa shape index (κ2) is 13.8. The maximum atomic E-state index is 14.1. The van der Waals surface area contributed by atoms with Crippen LogP contribution in [0.4, 0.5) is 10.1 Å². The molecule has 0 aliphatic heterocycles. The van der Waals surface area contributed by atoms with Gasteiger partial charge in [-0.05, 0) is 68.1 Å². The van der Waals surface area contributed by atoms with Gasteiger partial charge in [-0.1, -0.05) is 74.2 Å². The first kappa shape index (κ1) is 30.2. The highest BCUT2D eigenvalue weighted by atomic mass is 32.2. The van der Waals surface area contributed by atoms with E-state index in [0.29, 0.717) is 17.7 Å². The second-order valence-electron chi connectivity index (χ2n) is 10.6. The van der Waals surface area contributed by atoms with Crippen LogP contribution in [0.5, 0.6) is 0 Å². The lowest BCUT2D eigenvalue weighted by Gasteiger charge is -2.34. The third-order valence-corrected chi connectivity index (χ3v) is 9.32. The van der Waals surface area contributed by atoms with Gasteiger partial charge in [-0.25, -0.2) is 12.8 Å². The van der Waals surface area contributed by atoms with Crippen molar-refractivity contribution in [2.24, 2.45) is 0 Å². The Kier molecular flexibility index (Phi) is 10.2. The number of rotatable bonds is 11. The standard InChI is InChI=1S/C32H38FN3O4S/c1-3-30(32(38)34-27-10-6-4-7-11-27)35(22-25-16-18-26(33)19-17-25)31(37)23-36(28-20-14-24(2)15-21-28)41(39,40)29-12-8-5-9-13-29/h5,8-9,12-21,27,30H,3-4,6-7,10-11,22-23H2,1-2H3,(H,34,38). The third kappa shape index (κ3) is 7.73. The average molecular weight is 580 g/mol. The predicted molar refractivity (Wildman–Crippen MR) is 158 cm³/mol. The molecular formula is C32H38FN3O4S. The van der Waals surface area contributed by atoms with Crippen LogP contribution in [0.3, 0.4) is 0 Å². The lowest BCUT2D eigenvalue weighted by Crippen LogP contribution is -2.54. The van der Waals surface area contributed by atoms with Gasteiger partial charge in [0.05, 0.1) is 10.6 Å². The van der Waals surface area contributed by atoms with E-state index in [1.807, 2.05) is 13.8 Å². The van der Waals surface area contributed by atoms with E-state index in [1.54, 1.807) is 54.6 Å². The summed E-state index contributed by atoms with van der Waals surface area (Å²) < 4.78 is 42.4. The number of benzene rings is 3. The first-order chi connectivity index (χ1) is 19.7. The van der Waals surface area contributed by atoms with E-state index < -0.39 is 34.3 Å². The molecule has 41 heavy (non-hydrogen) atoms. The van der Waals surface area contributed by atoms with Crippen LogP contribution in [0.2, 0.25) is 0 Å². The Morgan fingerprint density at radius 2 is 1.56 bits per heavy atom. The molecule has 1 aliphatic rings. The van der Waals surface area contributed by atoms with Crippen LogP contribution in [-0.4, -0.2) is 43.8 Å². The predicted octanol–water partition coefficient (Wildman–Crippen LogP) is 5.59. The fourth-order valence-corrected chi connectivity index (χ4v) is 6.64. The number of amides is 2. The molecule has 0 saturated heterocycles. The topological polar surface area (TPSA) is 86.8 Å². The molecule has 1 fully saturated rings. The van der Waals surface area contributed by atoms with Crippen molar-refractivity contribution >= 4 is 27.5 Å². The van der Waals surface area contributed by atoms with E-state index in [2.05, 4.69) is 5.32 Å². The number of hydrogen-bond donors (Lipinski definition) is 1. The molecular weight excluding hydrogens is 541 g/mol. The van der Waals surface area contributed by atoms with E-state index >= 15 is 0 Å². The summed E-state index contributed by atoms with van der Waals surface area (Å²) in [4.78, 5) is 29.1. The molecule has 218 valence electrons. The quantitative estimate of drug-likeness (QED) is 0.321. The molecule has 0 heterocycles. The minimum Gasteiger partial charge on any atom is -0.352 e. The summed E-state index contributed by atoms with van der Waals surface area (Å²) in [5, 5.41) is 3.12. The molecule has 3 aromatic rings. The lowest BCUT2D eigenvalue weighted by molar-refractivity contribution is -0.140. The molecule has 1 atom stereocenters. The Balaban J connectivity index is 1.68. The van der Waals surface area contributed by atoms with E-state index in [0.717, 1.165) is 42.0 Å². The summed E-state index contributed by atoms with van der Waals surface area (Å²) >= 11 is 0.